The molecule has 6 unspecified atom stereocenters. The number of fused-ring (bicyclic) bond motifs is 1. The van der Waals surface area contributed by atoms with Gasteiger partial charge in [-0.1, -0.05) is 37.3 Å². The summed E-state index contributed by atoms with van der Waals surface area (Å²) < 4.78 is 11.9. The minimum Gasteiger partial charge on any atom is -0.394 e. The third-order valence-electron chi connectivity index (χ3n) is 5.85. The Morgan fingerprint density at radius 3 is 2.40 bits per heavy atom. The van der Waals surface area contributed by atoms with Crippen molar-refractivity contribution in [3.8, 4) is 0 Å². The number of hydrogen-bond acceptors (Lipinski definition) is 7. The van der Waals surface area contributed by atoms with Crippen molar-refractivity contribution in [1.82, 2.24) is 0 Å². The first-order valence-corrected chi connectivity index (χ1v) is 11.3. The van der Waals surface area contributed by atoms with Crippen LogP contribution in [-0.4, -0.2) is 63.8 Å². The monoisotopic (exact) mass is 432 g/mol. The molecule has 1 fully saturated rings. The Morgan fingerprint density at radius 2 is 1.70 bits per heavy atom. The van der Waals surface area contributed by atoms with E-state index in [4.69, 9.17) is 9.47 Å². The standard InChI is InChI=1S/C23H28O6S/c1-2-13-3-5-14(6-4-13)22-16-11-15(7-8-18(16)30-10-9-28-22)23-21(27)20(26)19(25)17(12-24)29-23/h3-8,11,17,19-27H,2,9-10,12H2,1H3. The van der Waals surface area contributed by atoms with Crippen molar-refractivity contribution in [2.24, 2.45) is 0 Å². The zero-order chi connectivity index (χ0) is 21.3. The first-order chi connectivity index (χ1) is 14.5. The van der Waals surface area contributed by atoms with E-state index in [1.807, 2.05) is 18.2 Å². The van der Waals surface area contributed by atoms with Gasteiger partial charge in [0.05, 0.1) is 13.2 Å². The summed E-state index contributed by atoms with van der Waals surface area (Å²) in [5, 5.41) is 40.3. The smallest absolute Gasteiger partial charge is 0.113 e. The summed E-state index contributed by atoms with van der Waals surface area (Å²) in [6, 6.07) is 14.2. The molecule has 30 heavy (non-hydrogen) atoms. The SMILES string of the molecule is CCc1ccc(C2OCCSc3ccc(C4OC(CO)C(O)C(O)C4O)cc32)cc1. The molecule has 0 aliphatic carbocycles. The first kappa shape index (κ1) is 21.8. The minimum absolute atomic E-state index is 0.245. The van der Waals surface area contributed by atoms with Crippen LogP contribution in [0.2, 0.25) is 0 Å². The molecule has 0 bridgehead atoms. The van der Waals surface area contributed by atoms with Crippen molar-refractivity contribution < 1.29 is 29.9 Å². The van der Waals surface area contributed by atoms with Crippen LogP contribution in [0.15, 0.2) is 47.4 Å². The molecule has 0 saturated carbocycles. The number of aryl methyl sites for hydroxylation is 1. The van der Waals surface area contributed by atoms with Gasteiger partial charge in [0, 0.05) is 10.6 Å². The van der Waals surface area contributed by atoms with Gasteiger partial charge >= 0.3 is 0 Å². The highest BCUT2D eigenvalue weighted by atomic mass is 32.2. The van der Waals surface area contributed by atoms with E-state index in [9.17, 15) is 20.4 Å². The molecule has 1 saturated heterocycles. The molecule has 6 atom stereocenters. The van der Waals surface area contributed by atoms with Crippen molar-refractivity contribution in [2.45, 2.75) is 54.9 Å². The molecule has 2 aliphatic heterocycles. The van der Waals surface area contributed by atoms with E-state index >= 15 is 0 Å². The summed E-state index contributed by atoms with van der Waals surface area (Å²) in [4.78, 5) is 1.10. The molecule has 7 heteroatoms. The number of thioether (sulfide) groups is 1. The normalized spacial score (nSPS) is 31.8. The molecule has 0 aromatic heterocycles. The van der Waals surface area contributed by atoms with E-state index in [-0.39, 0.29) is 6.10 Å². The van der Waals surface area contributed by atoms with Crippen LogP contribution < -0.4 is 0 Å². The molecular formula is C23H28O6S. The van der Waals surface area contributed by atoms with Crippen LogP contribution in [-0.2, 0) is 15.9 Å². The van der Waals surface area contributed by atoms with Gasteiger partial charge in [-0.25, -0.2) is 0 Å². The largest absolute Gasteiger partial charge is 0.394 e. The Kier molecular flexibility index (Phi) is 6.79. The van der Waals surface area contributed by atoms with E-state index < -0.39 is 37.1 Å². The molecule has 4 N–H and O–H groups in total. The lowest BCUT2D eigenvalue weighted by Gasteiger charge is -2.40. The predicted octanol–water partition coefficient (Wildman–Crippen LogP) is 1.98. The number of ether oxygens (including phenoxy) is 2. The zero-order valence-electron chi connectivity index (χ0n) is 16.8. The van der Waals surface area contributed by atoms with Crippen LogP contribution in [0.3, 0.4) is 0 Å². The Hall–Kier alpha value is -1.45. The third kappa shape index (κ3) is 4.16. The minimum atomic E-state index is -1.40. The van der Waals surface area contributed by atoms with E-state index in [1.54, 1.807) is 11.8 Å². The lowest BCUT2D eigenvalue weighted by molar-refractivity contribution is -0.231. The fourth-order valence-corrected chi connectivity index (χ4v) is 4.97. The highest BCUT2D eigenvalue weighted by Crippen LogP contribution is 2.40. The van der Waals surface area contributed by atoms with Crippen molar-refractivity contribution in [1.29, 1.82) is 0 Å². The number of hydrogen-bond donors (Lipinski definition) is 4. The second-order valence-electron chi connectivity index (χ2n) is 7.74. The van der Waals surface area contributed by atoms with Crippen molar-refractivity contribution in [3.05, 3.63) is 64.7 Å². The molecule has 6 nitrogen and oxygen atoms in total. The molecule has 2 heterocycles. The molecule has 4 rings (SSSR count). The number of rotatable bonds is 4. The number of benzene rings is 2. The fraction of sp³-hybridized carbons (Fsp3) is 0.478. The summed E-state index contributed by atoms with van der Waals surface area (Å²) in [6.45, 7) is 2.29. The van der Waals surface area contributed by atoms with Gasteiger partial charge in [0.1, 0.15) is 36.6 Å². The van der Waals surface area contributed by atoms with Crippen LogP contribution in [0.4, 0.5) is 0 Å². The average molecular weight is 433 g/mol. The van der Waals surface area contributed by atoms with Crippen molar-refractivity contribution >= 4 is 11.8 Å². The van der Waals surface area contributed by atoms with Crippen LogP contribution in [0.1, 0.15) is 41.4 Å². The lowest BCUT2D eigenvalue weighted by Crippen LogP contribution is -2.55. The third-order valence-corrected chi connectivity index (χ3v) is 6.91. The Balaban J connectivity index is 1.70. The number of aliphatic hydroxyl groups is 4. The molecular weight excluding hydrogens is 404 g/mol. The van der Waals surface area contributed by atoms with Crippen LogP contribution in [0.5, 0.6) is 0 Å². The van der Waals surface area contributed by atoms with Gasteiger partial charge in [-0.2, -0.15) is 0 Å². The zero-order valence-corrected chi connectivity index (χ0v) is 17.7. The quantitative estimate of drug-likeness (QED) is 0.586. The summed E-state index contributed by atoms with van der Waals surface area (Å²) in [6.07, 6.45) is -5.14. The summed E-state index contributed by atoms with van der Waals surface area (Å²) in [5.74, 6) is 0.843. The van der Waals surface area contributed by atoms with Crippen molar-refractivity contribution in [3.63, 3.8) is 0 Å². The van der Waals surface area contributed by atoms with E-state index in [1.165, 1.54) is 5.56 Å². The van der Waals surface area contributed by atoms with Gasteiger partial charge in [-0.3, -0.25) is 0 Å². The Morgan fingerprint density at radius 1 is 0.967 bits per heavy atom. The molecule has 0 amide bonds. The highest BCUT2D eigenvalue weighted by molar-refractivity contribution is 7.99. The fourth-order valence-electron chi connectivity index (χ4n) is 4.07. The Labute approximate surface area is 180 Å². The van der Waals surface area contributed by atoms with Crippen molar-refractivity contribution in [2.75, 3.05) is 19.0 Å². The van der Waals surface area contributed by atoms with E-state index in [2.05, 4.69) is 31.2 Å². The van der Waals surface area contributed by atoms with Gasteiger partial charge < -0.3 is 29.9 Å². The maximum Gasteiger partial charge on any atom is 0.113 e. The van der Waals surface area contributed by atoms with Gasteiger partial charge in [0.25, 0.3) is 0 Å². The first-order valence-electron chi connectivity index (χ1n) is 10.3. The van der Waals surface area contributed by atoms with E-state index in [0.29, 0.717) is 12.2 Å². The molecule has 0 spiro atoms. The average Bonchev–Trinajstić information content (AvgIpc) is 3.00. The summed E-state index contributed by atoms with van der Waals surface area (Å²) in [7, 11) is 0. The summed E-state index contributed by atoms with van der Waals surface area (Å²) >= 11 is 1.72. The van der Waals surface area contributed by atoms with Gasteiger partial charge in [-0.15, -0.1) is 11.8 Å². The topological polar surface area (TPSA) is 99.4 Å². The van der Waals surface area contributed by atoms with Crippen LogP contribution in [0.25, 0.3) is 0 Å². The van der Waals surface area contributed by atoms with Crippen LogP contribution >= 0.6 is 11.8 Å². The molecule has 162 valence electrons. The van der Waals surface area contributed by atoms with Crippen LogP contribution in [0, 0.1) is 0 Å². The highest BCUT2D eigenvalue weighted by Gasteiger charge is 2.44. The van der Waals surface area contributed by atoms with E-state index in [0.717, 1.165) is 28.2 Å². The predicted molar refractivity (Wildman–Crippen MR) is 114 cm³/mol. The second-order valence-corrected chi connectivity index (χ2v) is 8.88. The maximum atomic E-state index is 10.5. The number of aliphatic hydroxyl groups excluding tert-OH is 4. The summed E-state index contributed by atoms with van der Waals surface area (Å²) in [5.41, 5.74) is 3.97. The Bertz CT molecular complexity index is 855. The molecule has 2 aliphatic rings. The molecule has 0 radical (unpaired) electrons. The molecule has 2 aromatic rings. The van der Waals surface area contributed by atoms with Gasteiger partial charge in [0.2, 0.25) is 0 Å². The van der Waals surface area contributed by atoms with Gasteiger partial charge in [-0.05, 0) is 40.8 Å². The lowest BCUT2D eigenvalue weighted by atomic mass is 9.89. The second kappa shape index (κ2) is 9.36. The van der Waals surface area contributed by atoms with Gasteiger partial charge in [0.15, 0.2) is 0 Å². The maximum absolute atomic E-state index is 10.5. The molecule has 2 aromatic carbocycles.